The summed E-state index contributed by atoms with van der Waals surface area (Å²) in [4.78, 5) is 10.8. The summed E-state index contributed by atoms with van der Waals surface area (Å²) in [6.07, 6.45) is 0.0636. The number of sulfonamides is 2. The van der Waals surface area contributed by atoms with Crippen molar-refractivity contribution >= 4 is 26.0 Å². The first-order valence-corrected chi connectivity index (χ1v) is 9.09. The van der Waals surface area contributed by atoms with Crippen LogP contribution in [-0.2, 0) is 24.8 Å². The first-order valence-electron chi connectivity index (χ1n) is 6.11. The van der Waals surface area contributed by atoms with Crippen LogP contribution >= 0.6 is 0 Å². The molecule has 0 aromatic heterocycles. The number of amides is 1. The maximum absolute atomic E-state index is 12.5. The van der Waals surface area contributed by atoms with Crippen LogP contribution in [0.15, 0.2) is 34.1 Å². The second kappa shape index (κ2) is 5.72. The molecule has 1 aliphatic rings. The molecule has 1 aliphatic heterocycles. The first kappa shape index (κ1) is 15.9. The molecule has 2 rings (SSSR count). The fourth-order valence-corrected chi connectivity index (χ4v) is 4.07. The van der Waals surface area contributed by atoms with Crippen LogP contribution in [0.25, 0.3) is 0 Å². The number of nitrogens with one attached hydrogen (secondary N) is 1. The molecule has 1 fully saturated rings. The fraction of sp³-hybridized carbons (Fsp3) is 0.364. The van der Waals surface area contributed by atoms with Crippen LogP contribution in [0, 0.1) is 0 Å². The summed E-state index contributed by atoms with van der Waals surface area (Å²) in [6, 6.07) is 4.85. The van der Waals surface area contributed by atoms with Crippen molar-refractivity contribution in [1.82, 2.24) is 9.62 Å². The quantitative estimate of drug-likeness (QED) is 0.722. The summed E-state index contributed by atoms with van der Waals surface area (Å²) < 4.78 is 48.7. The molecule has 0 unspecified atom stereocenters. The number of primary sulfonamides is 1. The van der Waals surface area contributed by atoms with Gasteiger partial charge in [-0.3, -0.25) is 4.79 Å². The lowest BCUT2D eigenvalue weighted by atomic mass is 10.4. The number of hydrogen-bond acceptors (Lipinski definition) is 5. The summed E-state index contributed by atoms with van der Waals surface area (Å²) >= 11 is 0. The highest BCUT2D eigenvalue weighted by Crippen LogP contribution is 2.19. The zero-order chi connectivity index (χ0) is 15.7. The third-order valence-corrected chi connectivity index (χ3v) is 5.85. The number of carbonyl (C=O) groups is 1. The van der Waals surface area contributed by atoms with Crippen molar-refractivity contribution in [2.24, 2.45) is 5.14 Å². The first-order chi connectivity index (χ1) is 9.71. The molecule has 8 nitrogen and oxygen atoms in total. The van der Waals surface area contributed by atoms with Crippen molar-refractivity contribution < 1.29 is 21.6 Å². The number of rotatable bonds is 3. The maximum Gasteiger partial charge on any atom is 0.243 e. The Morgan fingerprint density at radius 3 is 2.43 bits per heavy atom. The van der Waals surface area contributed by atoms with Crippen molar-refractivity contribution in [2.45, 2.75) is 16.2 Å². The van der Waals surface area contributed by atoms with E-state index in [-0.39, 0.29) is 41.8 Å². The number of carbonyl (C=O) groups excluding carboxylic acids is 1. The Morgan fingerprint density at radius 1 is 1.10 bits per heavy atom. The van der Waals surface area contributed by atoms with Gasteiger partial charge in [-0.15, -0.1) is 0 Å². The second-order valence-electron chi connectivity index (χ2n) is 4.52. The lowest BCUT2D eigenvalue weighted by molar-refractivity contribution is -0.120. The maximum atomic E-state index is 12.5. The average Bonchev–Trinajstić information content (AvgIpc) is 2.63. The van der Waals surface area contributed by atoms with Gasteiger partial charge >= 0.3 is 0 Å². The molecule has 0 spiro atoms. The molecule has 1 heterocycles. The minimum atomic E-state index is -3.98. The predicted molar refractivity (Wildman–Crippen MR) is 74.2 cm³/mol. The van der Waals surface area contributed by atoms with Gasteiger partial charge in [-0.2, -0.15) is 4.31 Å². The van der Waals surface area contributed by atoms with Crippen molar-refractivity contribution in [3.63, 3.8) is 0 Å². The number of nitrogens with two attached hydrogens (primary N) is 1. The molecular formula is C11H15N3O5S2. The standard InChI is InChI=1S/C11H15N3O5S2/c12-20(16,17)9-2-1-3-10(8-9)21(18,19)14-6-4-11(15)13-5-7-14/h1-3,8H,4-7H2,(H,13,15)(H2,12,16,17). The van der Waals surface area contributed by atoms with E-state index in [0.29, 0.717) is 0 Å². The van der Waals surface area contributed by atoms with Crippen LogP contribution in [0.4, 0.5) is 0 Å². The molecule has 0 bridgehead atoms. The van der Waals surface area contributed by atoms with Crippen molar-refractivity contribution in [3.05, 3.63) is 24.3 Å². The van der Waals surface area contributed by atoms with Crippen LogP contribution in [0.2, 0.25) is 0 Å². The molecule has 3 N–H and O–H groups in total. The number of benzene rings is 1. The van der Waals surface area contributed by atoms with Gasteiger partial charge in [-0.05, 0) is 18.2 Å². The minimum absolute atomic E-state index is 0.0494. The molecule has 0 aliphatic carbocycles. The lowest BCUT2D eigenvalue weighted by Gasteiger charge is -2.19. The summed E-state index contributed by atoms with van der Waals surface area (Å²) in [5.74, 6) is -0.217. The van der Waals surface area contributed by atoms with Gasteiger partial charge in [0.1, 0.15) is 0 Å². The Morgan fingerprint density at radius 2 is 1.76 bits per heavy atom. The molecule has 1 aromatic rings. The van der Waals surface area contributed by atoms with Gasteiger partial charge in [0.25, 0.3) is 0 Å². The van der Waals surface area contributed by atoms with Gasteiger partial charge in [0.05, 0.1) is 9.79 Å². The molecule has 21 heavy (non-hydrogen) atoms. The summed E-state index contributed by atoms with van der Waals surface area (Å²) in [6.45, 7) is 0.397. The Hall–Kier alpha value is -1.49. The predicted octanol–water partition coefficient (Wildman–Crippen LogP) is -1.16. The van der Waals surface area contributed by atoms with Gasteiger partial charge < -0.3 is 5.32 Å². The molecule has 0 radical (unpaired) electrons. The smallest absolute Gasteiger partial charge is 0.243 e. The highest BCUT2D eigenvalue weighted by Gasteiger charge is 2.27. The second-order valence-corrected chi connectivity index (χ2v) is 8.02. The fourth-order valence-electron chi connectivity index (χ4n) is 1.95. The van der Waals surface area contributed by atoms with E-state index in [1.54, 1.807) is 0 Å². The third kappa shape index (κ3) is 3.59. The van der Waals surface area contributed by atoms with Gasteiger partial charge in [-0.1, -0.05) is 6.07 Å². The van der Waals surface area contributed by atoms with Crippen LogP contribution in [0.1, 0.15) is 6.42 Å². The zero-order valence-electron chi connectivity index (χ0n) is 11.0. The molecule has 1 aromatic carbocycles. The summed E-state index contributed by atoms with van der Waals surface area (Å²) in [5, 5.41) is 7.57. The average molecular weight is 333 g/mol. The minimum Gasteiger partial charge on any atom is -0.355 e. The highest BCUT2D eigenvalue weighted by molar-refractivity contribution is 7.90. The summed E-state index contributed by atoms with van der Waals surface area (Å²) in [7, 11) is -7.85. The van der Waals surface area contributed by atoms with Crippen LogP contribution in [-0.4, -0.2) is 46.7 Å². The topological polar surface area (TPSA) is 127 Å². The zero-order valence-corrected chi connectivity index (χ0v) is 12.7. The van der Waals surface area contributed by atoms with Crippen LogP contribution < -0.4 is 10.5 Å². The lowest BCUT2D eigenvalue weighted by Crippen LogP contribution is -2.34. The van der Waals surface area contributed by atoms with Crippen molar-refractivity contribution in [3.8, 4) is 0 Å². The van der Waals surface area contributed by atoms with Gasteiger partial charge in [0, 0.05) is 26.1 Å². The van der Waals surface area contributed by atoms with E-state index in [1.807, 2.05) is 0 Å². The number of nitrogens with zero attached hydrogens (tertiary/aromatic N) is 1. The van der Waals surface area contributed by atoms with Gasteiger partial charge in [0.2, 0.25) is 26.0 Å². The van der Waals surface area contributed by atoms with Gasteiger partial charge in [0.15, 0.2) is 0 Å². The Labute approximate surface area is 123 Å². The van der Waals surface area contributed by atoms with Crippen LogP contribution in [0.5, 0.6) is 0 Å². The Balaban J connectivity index is 2.37. The molecule has 116 valence electrons. The highest BCUT2D eigenvalue weighted by atomic mass is 32.2. The van der Waals surface area contributed by atoms with Crippen molar-refractivity contribution in [1.29, 1.82) is 0 Å². The van der Waals surface area contributed by atoms with E-state index in [0.717, 1.165) is 10.4 Å². The third-order valence-electron chi connectivity index (χ3n) is 3.04. The summed E-state index contributed by atoms with van der Waals surface area (Å²) in [5.41, 5.74) is 0. The van der Waals surface area contributed by atoms with Crippen LogP contribution in [0.3, 0.4) is 0 Å². The Bertz CT molecular complexity index is 758. The molecule has 0 saturated carbocycles. The molecule has 1 saturated heterocycles. The normalized spacial score (nSPS) is 18.0. The Kier molecular flexibility index (Phi) is 4.33. The van der Waals surface area contributed by atoms with Crippen molar-refractivity contribution in [2.75, 3.05) is 19.6 Å². The molecular weight excluding hydrogens is 318 g/mol. The molecule has 10 heteroatoms. The van der Waals surface area contributed by atoms with Gasteiger partial charge in [-0.25, -0.2) is 22.0 Å². The van der Waals surface area contributed by atoms with E-state index in [9.17, 15) is 21.6 Å². The molecule has 0 atom stereocenters. The van der Waals surface area contributed by atoms with E-state index in [1.165, 1.54) is 18.2 Å². The molecule has 1 amide bonds. The SMILES string of the molecule is NS(=O)(=O)c1cccc(S(=O)(=O)N2CCNC(=O)CC2)c1. The van der Waals surface area contributed by atoms with E-state index >= 15 is 0 Å². The van der Waals surface area contributed by atoms with E-state index < -0.39 is 20.0 Å². The number of hydrogen-bond donors (Lipinski definition) is 2. The largest absolute Gasteiger partial charge is 0.355 e. The monoisotopic (exact) mass is 333 g/mol. The van der Waals surface area contributed by atoms with E-state index in [2.05, 4.69) is 5.32 Å². The van der Waals surface area contributed by atoms with E-state index in [4.69, 9.17) is 5.14 Å².